The molecule has 0 bridgehead atoms. The summed E-state index contributed by atoms with van der Waals surface area (Å²) in [6.07, 6.45) is 1.67. The number of anilines is 1. The maximum absolute atomic E-state index is 13.6. The van der Waals surface area contributed by atoms with E-state index in [1.165, 1.54) is 16.2 Å². The quantitative estimate of drug-likeness (QED) is 0.410. The number of methoxy groups -OCH3 is 1. The van der Waals surface area contributed by atoms with E-state index in [9.17, 15) is 9.59 Å². The summed E-state index contributed by atoms with van der Waals surface area (Å²) in [5.41, 5.74) is 0.968. The molecule has 0 spiro atoms. The van der Waals surface area contributed by atoms with Crippen LogP contribution in [0.15, 0.2) is 51.7 Å². The number of hydrogen-bond acceptors (Lipinski definition) is 7. The molecule has 3 heterocycles. The number of amides is 1. The van der Waals surface area contributed by atoms with Crippen molar-refractivity contribution in [3.8, 4) is 5.75 Å². The van der Waals surface area contributed by atoms with Crippen molar-refractivity contribution < 1.29 is 13.9 Å². The summed E-state index contributed by atoms with van der Waals surface area (Å²) in [5.74, 6) is 0.186. The Morgan fingerprint density at radius 1 is 1.19 bits per heavy atom. The van der Waals surface area contributed by atoms with Gasteiger partial charge in [-0.3, -0.25) is 14.5 Å². The zero-order chi connectivity index (χ0) is 22.4. The number of ether oxygens (including phenoxy) is 1. The van der Waals surface area contributed by atoms with E-state index in [-0.39, 0.29) is 16.8 Å². The number of rotatable bonds is 5. The van der Waals surface area contributed by atoms with Gasteiger partial charge in [-0.15, -0.1) is 10.2 Å². The Hall–Kier alpha value is -3.23. The molecule has 162 valence electrons. The number of carbonyl (C=O) groups excluding carboxylic acids is 1. The van der Waals surface area contributed by atoms with Crippen LogP contribution in [0.4, 0.5) is 5.13 Å². The number of aromatic nitrogens is 2. The first-order valence-corrected chi connectivity index (χ1v) is 11.3. The van der Waals surface area contributed by atoms with E-state index < -0.39 is 11.9 Å². The van der Waals surface area contributed by atoms with Gasteiger partial charge in [-0.05, 0) is 42.3 Å². The lowest BCUT2D eigenvalue weighted by molar-refractivity contribution is 0.0970. The molecule has 0 saturated heterocycles. The summed E-state index contributed by atoms with van der Waals surface area (Å²) >= 11 is 7.47. The van der Waals surface area contributed by atoms with Gasteiger partial charge in [-0.1, -0.05) is 42.0 Å². The summed E-state index contributed by atoms with van der Waals surface area (Å²) < 4.78 is 11.3. The number of carbonyl (C=O) groups is 1. The maximum atomic E-state index is 13.6. The molecule has 1 atom stereocenters. The van der Waals surface area contributed by atoms with Crippen molar-refractivity contribution in [2.45, 2.75) is 25.8 Å². The van der Waals surface area contributed by atoms with Crippen molar-refractivity contribution in [2.75, 3.05) is 12.0 Å². The smallest absolute Gasteiger partial charge is 0.297 e. The molecule has 5 rings (SSSR count). The molecule has 1 aliphatic heterocycles. The summed E-state index contributed by atoms with van der Waals surface area (Å²) in [7, 11) is 1.57. The highest BCUT2D eigenvalue weighted by molar-refractivity contribution is 7.15. The van der Waals surface area contributed by atoms with Gasteiger partial charge in [-0.25, -0.2) is 0 Å². The van der Waals surface area contributed by atoms with Crippen molar-refractivity contribution in [1.82, 2.24) is 10.2 Å². The monoisotopic (exact) mass is 467 g/mol. The minimum absolute atomic E-state index is 0.00452. The van der Waals surface area contributed by atoms with Crippen LogP contribution in [-0.2, 0) is 6.42 Å². The van der Waals surface area contributed by atoms with Crippen LogP contribution in [-0.4, -0.2) is 23.2 Å². The van der Waals surface area contributed by atoms with Crippen LogP contribution < -0.4 is 15.1 Å². The minimum atomic E-state index is -0.727. The molecular weight excluding hydrogens is 450 g/mol. The zero-order valence-electron chi connectivity index (χ0n) is 17.3. The predicted molar refractivity (Wildman–Crippen MR) is 123 cm³/mol. The number of aryl methyl sites for hydroxylation is 1. The lowest BCUT2D eigenvalue weighted by atomic mass is 9.98. The SMILES string of the molecule is CCCc1nnc(N2C(=O)c3oc4ccc(Cl)cc4c(=O)c3C2c2cccc(OC)c2)s1. The Balaban J connectivity index is 1.77. The van der Waals surface area contributed by atoms with E-state index in [0.717, 1.165) is 17.8 Å². The van der Waals surface area contributed by atoms with Gasteiger partial charge < -0.3 is 9.15 Å². The molecule has 0 aliphatic carbocycles. The molecule has 0 N–H and O–H groups in total. The largest absolute Gasteiger partial charge is 0.497 e. The fraction of sp³-hybridized carbons (Fsp3) is 0.217. The summed E-state index contributed by atoms with van der Waals surface area (Å²) in [6.45, 7) is 2.05. The van der Waals surface area contributed by atoms with Crippen molar-refractivity contribution in [3.63, 3.8) is 0 Å². The third-order valence-electron chi connectivity index (χ3n) is 5.37. The van der Waals surface area contributed by atoms with Crippen molar-refractivity contribution >= 4 is 44.9 Å². The molecular formula is C23H18ClN3O4S. The molecule has 2 aromatic carbocycles. The number of fused-ring (bicyclic) bond motifs is 2. The lowest BCUT2D eigenvalue weighted by Crippen LogP contribution is -2.29. The Morgan fingerprint density at radius 3 is 2.81 bits per heavy atom. The highest BCUT2D eigenvalue weighted by Gasteiger charge is 2.45. The van der Waals surface area contributed by atoms with Crippen LogP contribution in [0.5, 0.6) is 5.75 Å². The van der Waals surface area contributed by atoms with Crippen LogP contribution in [0.3, 0.4) is 0 Å². The van der Waals surface area contributed by atoms with E-state index in [0.29, 0.717) is 32.4 Å². The van der Waals surface area contributed by atoms with Crippen LogP contribution >= 0.6 is 22.9 Å². The summed E-state index contributed by atoms with van der Waals surface area (Å²) in [4.78, 5) is 28.6. The number of benzene rings is 2. The second-order valence-electron chi connectivity index (χ2n) is 7.40. The molecule has 1 amide bonds. The van der Waals surface area contributed by atoms with Crippen LogP contribution in [0.2, 0.25) is 5.02 Å². The second-order valence-corrected chi connectivity index (χ2v) is 8.87. The number of halogens is 1. The fourth-order valence-electron chi connectivity index (χ4n) is 3.93. The highest BCUT2D eigenvalue weighted by atomic mass is 35.5. The first kappa shape index (κ1) is 20.7. The molecule has 4 aromatic rings. The Labute approximate surface area is 192 Å². The van der Waals surface area contributed by atoms with Crippen LogP contribution in [0, 0.1) is 0 Å². The molecule has 0 fully saturated rings. The summed E-state index contributed by atoms with van der Waals surface area (Å²) in [5, 5.41) is 10.5. The average Bonchev–Trinajstić information content (AvgIpc) is 3.37. The maximum Gasteiger partial charge on any atom is 0.297 e. The van der Waals surface area contributed by atoms with Gasteiger partial charge in [-0.2, -0.15) is 0 Å². The predicted octanol–water partition coefficient (Wildman–Crippen LogP) is 5.01. The number of nitrogens with zero attached hydrogens (tertiary/aromatic N) is 3. The molecule has 7 nitrogen and oxygen atoms in total. The highest BCUT2D eigenvalue weighted by Crippen LogP contribution is 2.42. The summed E-state index contributed by atoms with van der Waals surface area (Å²) in [6, 6.07) is 11.3. The average molecular weight is 468 g/mol. The molecule has 9 heteroatoms. The minimum Gasteiger partial charge on any atom is -0.497 e. The van der Waals surface area contributed by atoms with Crippen LogP contribution in [0.1, 0.15) is 46.1 Å². The van der Waals surface area contributed by atoms with E-state index in [1.54, 1.807) is 37.4 Å². The third kappa shape index (κ3) is 3.27. The molecule has 32 heavy (non-hydrogen) atoms. The van der Waals surface area contributed by atoms with Gasteiger partial charge in [0, 0.05) is 11.4 Å². The third-order valence-corrected chi connectivity index (χ3v) is 6.59. The normalized spacial score (nSPS) is 15.4. The topological polar surface area (TPSA) is 85.5 Å². The second kappa shape index (κ2) is 8.03. The van der Waals surface area contributed by atoms with E-state index in [2.05, 4.69) is 17.1 Å². The lowest BCUT2D eigenvalue weighted by Gasteiger charge is -2.22. The van der Waals surface area contributed by atoms with Gasteiger partial charge in [0.05, 0.1) is 24.1 Å². The molecule has 2 aromatic heterocycles. The first-order valence-electron chi connectivity index (χ1n) is 10.1. The van der Waals surface area contributed by atoms with Gasteiger partial charge in [0.2, 0.25) is 10.9 Å². The molecule has 0 saturated carbocycles. The standard InChI is InChI=1S/C23H18ClN3O4S/c1-3-5-17-25-26-23(32-17)27-19(12-6-4-7-14(10-12)30-2)18-20(28)15-11-13(24)8-9-16(15)31-21(18)22(27)29/h4,6-11,19H,3,5H2,1-2H3. The van der Waals surface area contributed by atoms with E-state index >= 15 is 0 Å². The van der Waals surface area contributed by atoms with E-state index in [4.69, 9.17) is 20.8 Å². The van der Waals surface area contributed by atoms with Gasteiger partial charge >= 0.3 is 0 Å². The fourth-order valence-corrected chi connectivity index (χ4v) is 5.07. The van der Waals surface area contributed by atoms with Crippen molar-refractivity contribution in [1.29, 1.82) is 0 Å². The Bertz CT molecular complexity index is 1410. The van der Waals surface area contributed by atoms with Gasteiger partial charge in [0.1, 0.15) is 16.3 Å². The van der Waals surface area contributed by atoms with Gasteiger partial charge in [0.25, 0.3) is 5.91 Å². The van der Waals surface area contributed by atoms with Crippen LogP contribution in [0.25, 0.3) is 11.0 Å². The van der Waals surface area contributed by atoms with Gasteiger partial charge in [0.15, 0.2) is 5.43 Å². The van der Waals surface area contributed by atoms with E-state index in [1.807, 2.05) is 12.1 Å². The van der Waals surface area contributed by atoms with Crippen molar-refractivity contribution in [3.05, 3.63) is 79.6 Å². The molecule has 1 unspecified atom stereocenters. The first-order chi connectivity index (χ1) is 15.5. The zero-order valence-corrected chi connectivity index (χ0v) is 18.9. The Kier molecular flexibility index (Phi) is 5.19. The molecule has 1 aliphatic rings. The number of hydrogen-bond donors (Lipinski definition) is 0. The Morgan fingerprint density at radius 2 is 2.03 bits per heavy atom. The molecule has 0 radical (unpaired) electrons. The van der Waals surface area contributed by atoms with Crippen molar-refractivity contribution in [2.24, 2.45) is 0 Å².